The zero-order valence-electron chi connectivity index (χ0n) is 15.7. The highest BCUT2D eigenvalue weighted by Crippen LogP contribution is 2.35. The number of aryl methyl sites for hydroxylation is 1. The zero-order chi connectivity index (χ0) is 18.4. The molecule has 2 aromatic heterocycles. The van der Waals surface area contributed by atoms with Crippen LogP contribution in [0.1, 0.15) is 40.8 Å². The monoisotopic (exact) mass is 361 g/mol. The zero-order valence-corrected chi connectivity index (χ0v) is 15.7. The van der Waals surface area contributed by atoms with E-state index in [0.29, 0.717) is 0 Å². The number of likely N-dealkylation sites (N-methyl/N-ethyl adjacent to an activating group) is 1. The van der Waals surface area contributed by atoms with Gasteiger partial charge >= 0.3 is 0 Å². The number of pyridine rings is 1. The van der Waals surface area contributed by atoms with E-state index in [0.717, 1.165) is 37.9 Å². The average molecular weight is 361 g/mol. The number of nitrogens with zero attached hydrogens (tertiary/aromatic N) is 3. The highest BCUT2D eigenvalue weighted by molar-refractivity contribution is 5.91. The van der Waals surface area contributed by atoms with Crippen LogP contribution < -0.4 is 0 Å². The fraction of sp³-hybridized carbons (Fsp3) is 0.348. The fourth-order valence-corrected chi connectivity index (χ4v) is 4.64. The van der Waals surface area contributed by atoms with E-state index >= 15 is 0 Å². The molecule has 3 aromatic rings. The van der Waals surface area contributed by atoms with Crippen molar-refractivity contribution in [3.63, 3.8) is 0 Å². The fourth-order valence-electron chi connectivity index (χ4n) is 4.64. The van der Waals surface area contributed by atoms with Crippen LogP contribution in [0.15, 0.2) is 36.7 Å². The van der Waals surface area contributed by atoms with Gasteiger partial charge < -0.3 is 9.47 Å². The summed E-state index contributed by atoms with van der Waals surface area (Å²) >= 11 is 0. The third-order valence-corrected chi connectivity index (χ3v) is 6.02. The van der Waals surface area contributed by atoms with E-state index in [9.17, 15) is 4.39 Å². The van der Waals surface area contributed by atoms with Gasteiger partial charge in [0, 0.05) is 49.2 Å². The molecular formula is C23H24FN3. The van der Waals surface area contributed by atoms with Crippen molar-refractivity contribution in [1.82, 2.24) is 14.5 Å². The van der Waals surface area contributed by atoms with E-state index in [1.165, 1.54) is 45.3 Å². The minimum Gasteiger partial charge on any atom is -0.320 e. The molecule has 0 radical (unpaired) electrons. The molecule has 0 saturated heterocycles. The van der Waals surface area contributed by atoms with Gasteiger partial charge in [0.2, 0.25) is 0 Å². The predicted octanol–water partition coefficient (Wildman–Crippen LogP) is 4.83. The first-order valence-corrected chi connectivity index (χ1v) is 9.77. The second-order valence-electron chi connectivity index (χ2n) is 7.81. The summed E-state index contributed by atoms with van der Waals surface area (Å²) in [6.45, 7) is 1.58. The SMILES string of the molecule is CN1CCc2c(c3cc(CF)ccc3n2C=C2CCCc3cnccc32)C1. The molecule has 4 heteroatoms. The number of aromatic nitrogens is 2. The van der Waals surface area contributed by atoms with Gasteiger partial charge in [0.1, 0.15) is 6.67 Å². The van der Waals surface area contributed by atoms with Crippen LogP contribution in [0, 0.1) is 0 Å². The van der Waals surface area contributed by atoms with Gasteiger partial charge in [-0.25, -0.2) is 4.39 Å². The molecule has 0 bridgehead atoms. The largest absolute Gasteiger partial charge is 0.320 e. The third kappa shape index (κ3) is 2.79. The Morgan fingerprint density at radius 2 is 2.11 bits per heavy atom. The van der Waals surface area contributed by atoms with E-state index in [1.54, 1.807) is 0 Å². The molecule has 3 heterocycles. The molecule has 0 N–H and O–H groups in total. The van der Waals surface area contributed by atoms with E-state index in [2.05, 4.69) is 39.8 Å². The molecule has 27 heavy (non-hydrogen) atoms. The summed E-state index contributed by atoms with van der Waals surface area (Å²) in [4.78, 5) is 6.65. The van der Waals surface area contributed by atoms with E-state index < -0.39 is 6.67 Å². The first-order chi connectivity index (χ1) is 13.2. The van der Waals surface area contributed by atoms with Crippen LogP contribution in [0.3, 0.4) is 0 Å². The molecule has 3 nitrogen and oxygen atoms in total. The van der Waals surface area contributed by atoms with Crippen LogP contribution in [0.25, 0.3) is 22.7 Å². The number of hydrogen-bond acceptors (Lipinski definition) is 2. The van der Waals surface area contributed by atoms with Crippen molar-refractivity contribution in [2.24, 2.45) is 0 Å². The van der Waals surface area contributed by atoms with Crippen molar-refractivity contribution in [3.8, 4) is 0 Å². The quantitative estimate of drug-likeness (QED) is 0.652. The van der Waals surface area contributed by atoms with Crippen LogP contribution in [0.4, 0.5) is 4.39 Å². The second-order valence-corrected chi connectivity index (χ2v) is 7.81. The van der Waals surface area contributed by atoms with Crippen LogP contribution in [-0.4, -0.2) is 28.0 Å². The molecule has 0 atom stereocenters. The standard InChI is InChI=1S/C23H24FN3/c1-26-10-8-23-21(15-26)20-11-16(12-24)5-6-22(20)27(23)14-18-4-2-3-17-13-25-9-7-19(17)18/h5-7,9,11,13-14H,2-4,8,10,12,15H2,1H3. The van der Waals surface area contributed by atoms with Gasteiger partial charge in [-0.2, -0.15) is 0 Å². The van der Waals surface area contributed by atoms with Crippen LogP contribution in [0.2, 0.25) is 0 Å². The molecule has 1 aliphatic heterocycles. The summed E-state index contributed by atoms with van der Waals surface area (Å²) in [7, 11) is 2.16. The molecule has 5 rings (SSSR count). The van der Waals surface area contributed by atoms with Gasteiger partial charge in [0.15, 0.2) is 0 Å². The van der Waals surface area contributed by atoms with Crippen molar-refractivity contribution in [2.75, 3.05) is 13.6 Å². The Morgan fingerprint density at radius 3 is 3.00 bits per heavy atom. The van der Waals surface area contributed by atoms with Gasteiger partial charge in [0.25, 0.3) is 0 Å². The molecule has 0 fully saturated rings. The minimum absolute atomic E-state index is 0.410. The van der Waals surface area contributed by atoms with Crippen molar-refractivity contribution in [2.45, 2.75) is 38.9 Å². The second kappa shape index (κ2) is 6.61. The van der Waals surface area contributed by atoms with E-state index in [1.807, 2.05) is 24.5 Å². The number of benzene rings is 1. The molecule has 0 unspecified atom stereocenters. The molecule has 1 aliphatic carbocycles. The summed E-state index contributed by atoms with van der Waals surface area (Å²) in [5.74, 6) is 0. The summed E-state index contributed by atoms with van der Waals surface area (Å²) in [6.07, 6.45) is 10.6. The Labute approximate surface area is 159 Å². The van der Waals surface area contributed by atoms with Crippen molar-refractivity contribution >= 4 is 22.7 Å². The predicted molar refractivity (Wildman–Crippen MR) is 108 cm³/mol. The lowest BCUT2D eigenvalue weighted by atomic mass is 9.89. The lowest BCUT2D eigenvalue weighted by Crippen LogP contribution is -2.26. The van der Waals surface area contributed by atoms with E-state index in [-0.39, 0.29) is 0 Å². The van der Waals surface area contributed by atoms with Crippen LogP contribution >= 0.6 is 0 Å². The first kappa shape index (κ1) is 16.7. The molecule has 2 aliphatic rings. The normalized spacial score (nSPS) is 18.7. The first-order valence-electron chi connectivity index (χ1n) is 9.77. The summed E-state index contributed by atoms with van der Waals surface area (Å²) in [6, 6.07) is 8.20. The Bertz CT molecular complexity index is 1050. The van der Waals surface area contributed by atoms with Gasteiger partial charge in [0.05, 0.1) is 5.52 Å². The maximum absolute atomic E-state index is 13.3. The summed E-state index contributed by atoms with van der Waals surface area (Å²) in [5, 5.41) is 1.20. The number of halogens is 1. The van der Waals surface area contributed by atoms with E-state index in [4.69, 9.17) is 0 Å². The van der Waals surface area contributed by atoms with Crippen molar-refractivity contribution in [1.29, 1.82) is 0 Å². The van der Waals surface area contributed by atoms with Gasteiger partial charge in [-0.15, -0.1) is 0 Å². The van der Waals surface area contributed by atoms with Crippen LogP contribution in [-0.2, 0) is 26.1 Å². The summed E-state index contributed by atoms with van der Waals surface area (Å²) in [5.41, 5.74) is 8.76. The smallest absolute Gasteiger partial charge is 0.115 e. The number of rotatable bonds is 2. The maximum Gasteiger partial charge on any atom is 0.115 e. The number of allylic oxidation sites excluding steroid dienone is 1. The Kier molecular flexibility index (Phi) is 4.09. The number of alkyl halides is 1. The van der Waals surface area contributed by atoms with Crippen LogP contribution in [0.5, 0.6) is 0 Å². The van der Waals surface area contributed by atoms with Crippen molar-refractivity contribution < 1.29 is 4.39 Å². The molecule has 138 valence electrons. The van der Waals surface area contributed by atoms with Gasteiger partial charge in [-0.05, 0) is 72.3 Å². The highest BCUT2D eigenvalue weighted by atomic mass is 19.1. The Morgan fingerprint density at radius 1 is 1.19 bits per heavy atom. The summed E-state index contributed by atoms with van der Waals surface area (Å²) < 4.78 is 15.7. The average Bonchev–Trinajstić information content (AvgIpc) is 3.00. The molecular weight excluding hydrogens is 337 g/mol. The molecule has 0 saturated carbocycles. The third-order valence-electron chi connectivity index (χ3n) is 6.02. The van der Waals surface area contributed by atoms with Gasteiger partial charge in [-0.3, -0.25) is 4.98 Å². The Balaban J connectivity index is 1.73. The highest BCUT2D eigenvalue weighted by Gasteiger charge is 2.23. The number of fused-ring (bicyclic) bond motifs is 4. The number of hydrogen-bond donors (Lipinski definition) is 0. The Hall–Kier alpha value is -2.46. The molecule has 0 spiro atoms. The lowest BCUT2D eigenvalue weighted by molar-refractivity contribution is 0.312. The van der Waals surface area contributed by atoms with Gasteiger partial charge in [-0.1, -0.05) is 6.07 Å². The van der Waals surface area contributed by atoms with Crippen molar-refractivity contribution in [3.05, 3.63) is 64.6 Å². The minimum atomic E-state index is -0.410. The topological polar surface area (TPSA) is 21.1 Å². The molecule has 1 aromatic carbocycles. The maximum atomic E-state index is 13.3. The molecule has 0 amide bonds. The lowest BCUT2D eigenvalue weighted by Gasteiger charge is -2.24.